The number of nitrogens with one attached hydrogen (secondary N) is 1. The molecule has 5 heteroatoms. The molecule has 0 aliphatic carbocycles. The van der Waals surface area contributed by atoms with Gasteiger partial charge < -0.3 is 4.90 Å². The Morgan fingerprint density at radius 1 is 1.43 bits per heavy atom. The van der Waals surface area contributed by atoms with E-state index < -0.39 is 11.8 Å². The molecule has 14 heavy (non-hydrogen) atoms. The smallest absolute Gasteiger partial charge is 0.246 e. The van der Waals surface area contributed by atoms with E-state index in [0.29, 0.717) is 6.42 Å². The number of nitrogens with zero attached hydrogens (tertiary/aromatic N) is 1. The highest BCUT2D eigenvalue weighted by molar-refractivity contribution is 6.02. The highest BCUT2D eigenvalue weighted by atomic mass is 16.2. The summed E-state index contributed by atoms with van der Waals surface area (Å²) >= 11 is 0. The molecule has 1 atom stereocenters. The second-order valence-corrected chi connectivity index (χ2v) is 3.47. The van der Waals surface area contributed by atoms with E-state index in [-0.39, 0.29) is 24.9 Å². The van der Waals surface area contributed by atoms with Crippen LogP contribution in [0.3, 0.4) is 0 Å². The van der Waals surface area contributed by atoms with Gasteiger partial charge in [-0.1, -0.05) is 13.8 Å². The fraction of sp³-hybridized carbons (Fsp3) is 0.667. The van der Waals surface area contributed by atoms with Crippen molar-refractivity contribution in [3.8, 4) is 0 Å². The number of amides is 3. The first kappa shape index (κ1) is 10.7. The Morgan fingerprint density at radius 3 is 2.36 bits per heavy atom. The molecule has 0 aromatic rings. The molecule has 0 aromatic heterocycles. The van der Waals surface area contributed by atoms with E-state index in [4.69, 9.17) is 0 Å². The van der Waals surface area contributed by atoms with Crippen molar-refractivity contribution in [1.82, 2.24) is 10.2 Å². The lowest BCUT2D eigenvalue weighted by atomic mass is 10.1. The quantitative estimate of drug-likeness (QED) is 0.609. The molecule has 1 rings (SSSR count). The van der Waals surface area contributed by atoms with Gasteiger partial charge in [-0.2, -0.15) is 0 Å². The van der Waals surface area contributed by atoms with Crippen molar-refractivity contribution < 1.29 is 14.4 Å². The predicted octanol–water partition coefficient (Wildman–Crippen LogP) is -0.482. The molecule has 1 fully saturated rings. The topological polar surface area (TPSA) is 66.5 Å². The standard InChI is InChI=1S/C9H14N2O3/c1-3-6(2)9(14)11-4-7(12)10-8(13)5-11/h6H,3-5H2,1-2H3,(H,10,12,13). The normalized spacial score (nSPS) is 19.1. The molecule has 1 aliphatic heterocycles. The Morgan fingerprint density at radius 2 is 1.93 bits per heavy atom. The van der Waals surface area contributed by atoms with Crippen LogP contribution in [0.2, 0.25) is 0 Å². The zero-order valence-corrected chi connectivity index (χ0v) is 8.37. The van der Waals surface area contributed by atoms with Crippen LogP contribution < -0.4 is 5.32 Å². The fourth-order valence-electron chi connectivity index (χ4n) is 1.28. The molecule has 0 saturated carbocycles. The molecule has 5 nitrogen and oxygen atoms in total. The van der Waals surface area contributed by atoms with E-state index in [2.05, 4.69) is 5.32 Å². The summed E-state index contributed by atoms with van der Waals surface area (Å²) in [6, 6.07) is 0. The number of imide groups is 1. The Balaban J connectivity index is 2.63. The molecule has 1 N–H and O–H groups in total. The summed E-state index contributed by atoms with van der Waals surface area (Å²) < 4.78 is 0. The predicted molar refractivity (Wildman–Crippen MR) is 49.2 cm³/mol. The van der Waals surface area contributed by atoms with E-state index in [1.54, 1.807) is 6.92 Å². The maximum Gasteiger partial charge on any atom is 0.246 e. The Kier molecular flexibility index (Phi) is 3.22. The molecule has 0 aromatic carbocycles. The first-order chi connectivity index (χ1) is 6.54. The first-order valence-corrected chi connectivity index (χ1v) is 4.66. The van der Waals surface area contributed by atoms with Crippen molar-refractivity contribution in [2.24, 2.45) is 5.92 Å². The second-order valence-electron chi connectivity index (χ2n) is 3.47. The van der Waals surface area contributed by atoms with E-state index in [9.17, 15) is 14.4 Å². The van der Waals surface area contributed by atoms with Crippen molar-refractivity contribution in [2.75, 3.05) is 13.1 Å². The minimum atomic E-state index is -0.405. The van der Waals surface area contributed by atoms with Crippen molar-refractivity contribution >= 4 is 17.7 Å². The van der Waals surface area contributed by atoms with E-state index in [0.717, 1.165) is 0 Å². The van der Waals surface area contributed by atoms with E-state index in [1.807, 2.05) is 6.92 Å². The molecular formula is C9H14N2O3. The van der Waals surface area contributed by atoms with Gasteiger partial charge in [0, 0.05) is 5.92 Å². The zero-order chi connectivity index (χ0) is 10.7. The summed E-state index contributed by atoms with van der Waals surface area (Å²) in [5, 5.41) is 2.15. The van der Waals surface area contributed by atoms with Gasteiger partial charge in [0.15, 0.2) is 0 Å². The first-order valence-electron chi connectivity index (χ1n) is 4.66. The van der Waals surface area contributed by atoms with Gasteiger partial charge in [0.1, 0.15) is 13.1 Å². The fourth-order valence-corrected chi connectivity index (χ4v) is 1.28. The summed E-state index contributed by atoms with van der Waals surface area (Å²) in [5.74, 6) is -1.07. The third kappa shape index (κ3) is 2.31. The minimum absolute atomic E-state index is 0.00505. The van der Waals surface area contributed by atoms with Crippen LogP contribution in [0.15, 0.2) is 0 Å². The van der Waals surface area contributed by atoms with Crippen LogP contribution in [0.25, 0.3) is 0 Å². The molecule has 1 saturated heterocycles. The summed E-state index contributed by atoms with van der Waals surface area (Å²) in [6.07, 6.45) is 0.713. The highest BCUT2D eigenvalue weighted by Crippen LogP contribution is 2.07. The molecular weight excluding hydrogens is 184 g/mol. The SMILES string of the molecule is CCC(C)C(=O)N1CC(=O)NC(=O)C1. The molecule has 0 radical (unpaired) electrons. The van der Waals surface area contributed by atoms with Crippen LogP contribution in [0.4, 0.5) is 0 Å². The number of piperazine rings is 1. The van der Waals surface area contributed by atoms with E-state index >= 15 is 0 Å². The molecule has 1 heterocycles. The van der Waals surface area contributed by atoms with Crippen LogP contribution >= 0.6 is 0 Å². The van der Waals surface area contributed by atoms with Gasteiger partial charge in [0.05, 0.1) is 0 Å². The average molecular weight is 198 g/mol. The Labute approximate surface area is 82.4 Å². The Hall–Kier alpha value is -1.39. The van der Waals surface area contributed by atoms with Crippen molar-refractivity contribution in [3.05, 3.63) is 0 Å². The maximum absolute atomic E-state index is 11.6. The molecule has 3 amide bonds. The monoisotopic (exact) mass is 198 g/mol. The number of hydrogen-bond donors (Lipinski definition) is 1. The van der Waals surface area contributed by atoms with Gasteiger partial charge in [-0.3, -0.25) is 19.7 Å². The molecule has 0 spiro atoms. The van der Waals surface area contributed by atoms with Gasteiger partial charge in [-0.15, -0.1) is 0 Å². The van der Waals surface area contributed by atoms with Gasteiger partial charge in [0.2, 0.25) is 17.7 Å². The lowest BCUT2D eigenvalue weighted by Crippen LogP contribution is -2.54. The number of carbonyl (C=O) groups excluding carboxylic acids is 3. The average Bonchev–Trinajstić information content (AvgIpc) is 2.14. The summed E-state index contributed by atoms with van der Waals surface area (Å²) in [4.78, 5) is 34.9. The molecule has 0 bridgehead atoms. The van der Waals surface area contributed by atoms with Gasteiger partial charge in [-0.05, 0) is 6.42 Å². The highest BCUT2D eigenvalue weighted by Gasteiger charge is 2.28. The maximum atomic E-state index is 11.6. The van der Waals surface area contributed by atoms with Crippen molar-refractivity contribution in [3.63, 3.8) is 0 Å². The summed E-state index contributed by atoms with van der Waals surface area (Å²) in [6.45, 7) is 3.68. The lowest BCUT2D eigenvalue weighted by molar-refractivity contribution is -0.147. The third-order valence-corrected chi connectivity index (χ3v) is 2.29. The van der Waals surface area contributed by atoms with Gasteiger partial charge in [-0.25, -0.2) is 0 Å². The van der Waals surface area contributed by atoms with Gasteiger partial charge >= 0.3 is 0 Å². The van der Waals surface area contributed by atoms with Crippen LogP contribution in [0.1, 0.15) is 20.3 Å². The lowest BCUT2D eigenvalue weighted by Gasteiger charge is -2.27. The zero-order valence-electron chi connectivity index (χ0n) is 8.37. The Bertz CT molecular complexity index is 259. The molecule has 1 aliphatic rings. The van der Waals surface area contributed by atoms with Gasteiger partial charge in [0.25, 0.3) is 0 Å². The van der Waals surface area contributed by atoms with Crippen LogP contribution in [-0.4, -0.2) is 35.7 Å². The minimum Gasteiger partial charge on any atom is -0.324 e. The molecule has 1 unspecified atom stereocenters. The third-order valence-electron chi connectivity index (χ3n) is 2.29. The van der Waals surface area contributed by atoms with Crippen molar-refractivity contribution in [1.29, 1.82) is 0 Å². The van der Waals surface area contributed by atoms with Crippen LogP contribution in [-0.2, 0) is 14.4 Å². The van der Waals surface area contributed by atoms with Crippen molar-refractivity contribution in [2.45, 2.75) is 20.3 Å². The van der Waals surface area contributed by atoms with Crippen LogP contribution in [0.5, 0.6) is 0 Å². The summed E-state index contributed by atoms with van der Waals surface area (Å²) in [7, 11) is 0. The number of carbonyl (C=O) groups is 3. The van der Waals surface area contributed by atoms with Crippen LogP contribution in [0, 0.1) is 5.92 Å². The summed E-state index contributed by atoms with van der Waals surface area (Å²) in [5.41, 5.74) is 0. The van der Waals surface area contributed by atoms with E-state index in [1.165, 1.54) is 4.90 Å². The number of rotatable bonds is 2. The second kappa shape index (κ2) is 4.21. The number of hydrogen-bond acceptors (Lipinski definition) is 3. The largest absolute Gasteiger partial charge is 0.324 e. The molecule has 78 valence electrons.